The van der Waals surface area contributed by atoms with E-state index in [9.17, 15) is 24.1 Å². The van der Waals surface area contributed by atoms with Crippen molar-refractivity contribution in [3.8, 4) is 0 Å². The number of aliphatic imine (C=N–C) groups is 2. The van der Waals surface area contributed by atoms with Crippen LogP contribution in [0.15, 0.2) is 82.8 Å². The van der Waals surface area contributed by atoms with E-state index >= 15 is 0 Å². The first-order valence-electron chi connectivity index (χ1n) is 11.4. The number of hydrogen-bond acceptors (Lipinski definition) is 7. The predicted molar refractivity (Wildman–Crippen MR) is 138 cm³/mol. The molecule has 0 saturated heterocycles. The van der Waals surface area contributed by atoms with Crippen molar-refractivity contribution in [2.45, 2.75) is 24.8 Å². The Morgan fingerprint density at radius 3 is 2.65 bits per heavy atom. The summed E-state index contributed by atoms with van der Waals surface area (Å²) in [5.41, 5.74) is 2.76. The molecule has 2 aliphatic heterocycles. The molecule has 0 radical (unpaired) electrons. The molecule has 5 rings (SSSR count). The smallest absolute Gasteiger partial charge is 0.269 e. The molecule has 0 aliphatic carbocycles. The Labute approximate surface area is 215 Å². The third-order valence-electron chi connectivity index (χ3n) is 5.82. The lowest BCUT2D eigenvalue weighted by Crippen LogP contribution is -2.42. The fourth-order valence-corrected chi connectivity index (χ4v) is 4.93. The third-order valence-corrected chi connectivity index (χ3v) is 6.83. The summed E-state index contributed by atoms with van der Waals surface area (Å²) in [6.45, 7) is 0.203. The number of rotatable bonds is 7. The number of non-ortho nitro benzene ring substituents is 1. The van der Waals surface area contributed by atoms with Gasteiger partial charge in [0.15, 0.2) is 5.17 Å². The highest BCUT2D eigenvalue weighted by Crippen LogP contribution is 2.35. The van der Waals surface area contributed by atoms with Crippen LogP contribution in [-0.4, -0.2) is 38.7 Å². The first-order chi connectivity index (χ1) is 17.9. The lowest BCUT2D eigenvalue weighted by atomic mass is 10.1. The van der Waals surface area contributed by atoms with E-state index < -0.39 is 11.0 Å². The van der Waals surface area contributed by atoms with Gasteiger partial charge in [-0.2, -0.15) is 0 Å². The Hall–Kier alpha value is -4.38. The number of thioether (sulfide) groups is 1. The van der Waals surface area contributed by atoms with Gasteiger partial charge >= 0.3 is 0 Å². The molecule has 2 aliphatic rings. The molecule has 0 fully saturated rings. The molecule has 1 atom stereocenters. The molecule has 0 spiro atoms. The topological polar surface area (TPSA) is 117 Å². The van der Waals surface area contributed by atoms with Gasteiger partial charge in [-0.15, -0.1) is 0 Å². The monoisotopic (exact) mass is 517 g/mol. The Morgan fingerprint density at radius 2 is 1.86 bits per heavy atom. The number of carbonyl (C=O) groups excluding carboxylic acids is 2. The van der Waals surface area contributed by atoms with Crippen molar-refractivity contribution in [1.82, 2.24) is 10.2 Å². The first kappa shape index (κ1) is 24.3. The summed E-state index contributed by atoms with van der Waals surface area (Å²) in [7, 11) is 0. The highest BCUT2D eigenvalue weighted by Gasteiger charge is 2.42. The van der Waals surface area contributed by atoms with Crippen LogP contribution in [0.1, 0.15) is 23.1 Å². The van der Waals surface area contributed by atoms with Gasteiger partial charge in [0.25, 0.3) is 11.6 Å². The second kappa shape index (κ2) is 10.3. The summed E-state index contributed by atoms with van der Waals surface area (Å²) in [6.07, 6.45) is -0.148. The normalized spacial score (nSPS) is 16.0. The van der Waals surface area contributed by atoms with E-state index in [2.05, 4.69) is 15.3 Å². The molecule has 0 aromatic heterocycles. The van der Waals surface area contributed by atoms with Gasteiger partial charge in [0.1, 0.15) is 17.7 Å². The Kier molecular flexibility index (Phi) is 6.78. The quantitative estimate of drug-likeness (QED) is 0.370. The van der Waals surface area contributed by atoms with Crippen molar-refractivity contribution in [3.63, 3.8) is 0 Å². The van der Waals surface area contributed by atoms with E-state index in [0.717, 1.165) is 5.56 Å². The molecule has 3 aromatic carbocycles. The summed E-state index contributed by atoms with van der Waals surface area (Å²) < 4.78 is 13.1. The van der Waals surface area contributed by atoms with Crippen LogP contribution in [0, 0.1) is 15.9 Å². The van der Waals surface area contributed by atoms with Crippen LogP contribution in [-0.2, 0) is 21.9 Å². The number of nitro benzene ring substituents is 1. The average molecular weight is 518 g/mol. The van der Waals surface area contributed by atoms with Crippen LogP contribution >= 0.6 is 11.8 Å². The molecule has 2 heterocycles. The molecule has 11 heteroatoms. The number of hydrogen-bond donors (Lipinski definition) is 1. The predicted octanol–water partition coefficient (Wildman–Crippen LogP) is 4.33. The average Bonchev–Trinajstić information content (AvgIpc) is 3.23. The minimum Gasteiger partial charge on any atom is -0.352 e. The molecule has 0 saturated carbocycles. The number of amides is 2. The largest absolute Gasteiger partial charge is 0.352 e. The fourth-order valence-electron chi connectivity index (χ4n) is 3.99. The summed E-state index contributed by atoms with van der Waals surface area (Å²) >= 11 is 1.26. The van der Waals surface area contributed by atoms with Crippen molar-refractivity contribution in [3.05, 3.63) is 105 Å². The Morgan fingerprint density at radius 1 is 1.08 bits per heavy atom. The highest BCUT2D eigenvalue weighted by molar-refractivity contribution is 8.13. The van der Waals surface area contributed by atoms with E-state index in [4.69, 9.17) is 0 Å². The number of fused-ring (bicyclic) bond motifs is 3. The number of halogens is 1. The molecule has 1 N–H and O–H groups in total. The Balaban J connectivity index is 1.32. The zero-order chi connectivity index (χ0) is 25.9. The second-order valence-corrected chi connectivity index (χ2v) is 9.32. The van der Waals surface area contributed by atoms with Crippen LogP contribution in [0.2, 0.25) is 0 Å². The molecule has 3 aromatic rings. The molecule has 0 bridgehead atoms. The number of para-hydroxylation sites is 1. The number of carbonyl (C=O) groups is 2. The molecular formula is C26H20FN5O4S. The summed E-state index contributed by atoms with van der Waals surface area (Å²) in [6, 6.07) is 18.4. The van der Waals surface area contributed by atoms with Crippen LogP contribution < -0.4 is 5.32 Å². The number of nitrogens with one attached hydrogen (secondary N) is 1. The molecule has 0 unspecified atom stereocenters. The minimum absolute atomic E-state index is 0.0137. The number of amidine groups is 2. The molecule has 37 heavy (non-hydrogen) atoms. The van der Waals surface area contributed by atoms with Gasteiger partial charge in [-0.25, -0.2) is 14.3 Å². The lowest BCUT2D eigenvalue weighted by molar-refractivity contribution is -0.384. The Bertz CT molecular complexity index is 1460. The molecule has 2 amide bonds. The SMILES string of the molecule is O=C(C[C@@H]1N=C2c3ccccc3N=C(SCc3cccc([N+](=O)[O-])c3)N2C1=O)NCc1ccc(F)cc1. The summed E-state index contributed by atoms with van der Waals surface area (Å²) in [5, 5.41) is 14.3. The molecular weight excluding hydrogens is 497 g/mol. The standard InChI is InChI=1S/C26H20FN5O4S/c27-18-10-8-16(9-11-18)14-28-23(33)13-22-25(34)31-24(29-22)20-6-1-2-7-21(20)30-26(31)37-15-17-4-3-5-19(12-17)32(35)36/h1-12,22H,13-15H2,(H,28,33)/t22-/m0/s1. The van der Waals surface area contributed by atoms with Gasteiger partial charge in [0, 0.05) is 30.0 Å². The van der Waals surface area contributed by atoms with Crippen molar-refractivity contribution in [2.75, 3.05) is 0 Å². The third kappa shape index (κ3) is 5.26. The molecule has 9 nitrogen and oxygen atoms in total. The van der Waals surface area contributed by atoms with E-state index in [1.165, 1.54) is 40.9 Å². The minimum atomic E-state index is -0.919. The van der Waals surface area contributed by atoms with Crippen molar-refractivity contribution >= 4 is 46.0 Å². The molecule has 186 valence electrons. The zero-order valence-electron chi connectivity index (χ0n) is 19.3. The maximum absolute atomic E-state index is 13.4. The van der Waals surface area contributed by atoms with Crippen molar-refractivity contribution < 1.29 is 18.9 Å². The highest BCUT2D eigenvalue weighted by atomic mass is 32.2. The second-order valence-electron chi connectivity index (χ2n) is 8.38. The van der Waals surface area contributed by atoms with Crippen LogP contribution in [0.3, 0.4) is 0 Å². The number of benzene rings is 3. The number of nitro groups is 1. The van der Waals surface area contributed by atoms with Gasteiger partial charge in [0.2, 0.25) is 5.91 Å². The van der Waals surface area contributed by atoms with E-state index in [1.54, 1.807) is 24.3 Å². The van der Waals surface area contributed by atoms with Gasteiger partial charge in [-0.3, -0.25) is 24.7 Å². The zero-order valence-corrected chi connectivity index (χ0v) is 20.2. The number of nitrogens with zero attached hydrogens (tertiary/aromatic N) is 4. The van der Waals surface area contributed by atoms with Crippen molar-refractivity contribution in [1.29, 1.82) is 0 Å². The van der Waals surface area contributed by atoms with Gasteiger partial charge in [-0.05, 0) is 35.4 Å². The summed E-state index contributed by atoms with van der Waals surface area (Å²) in [4.78, 5) is 47.3. The summed E-state index contributed by atoms with van der Waals surface area (Å²) in [5.74, 6) is -0.314. The maximum atomic E-state index is 13.4. The maximum Gasteiger partial charge on any atom is 0.269 e. The van der Waals surface area contributed by atoms with Gasteiger partial charge in [0.05, 0.1) is 17.0 Å². The van der Waals surface area contributed by atoms with Crippen LogP contribution in [0.4, 0.5) is 15.8 Å². The van der Waals surface area contributed by atoms with E-state index in [0.29, 0.717) is 33.6 Å². The van der Waals surface area contributed by atoms with E-state index in [1.807, 2.05) is 24.3 Å². The van der Waals surface area contributed by atoms with Gasteiger partial charge in [-0.1, -0.05) is 48.2 Å². The fraction of sp³-hybridized carbons (Fsp3) is 0.154. The van der Waals surface area contributed by atoms with Gasteiger partial charge < -0.3 is 5.32 Å². The van der Waals surface area contributed by atoms with E-state index in [-0.39, 0.29) is 36.3 Å². The first-order valence-corrected chi connectivity index (χ1v) is 12.3. The van der Waals surface area contributed by atoms with Crippen LogP contribution in [0.5, 0.6) is 0 Å². The van der Waals surface area contributed by atoms with Crippen LogP contribution in [0.25, 0.3) is 0 Å². The van der Waals surface area contributed by atoms with Crippen molar-refractivity contribution in [2.24, 2.45) is 9.98 Å². The lowest BCUT2D eigenvalue weighted by Gasteiger charge is -2.25.